The van der Waals surface area contributed by atoms with Gasteiger partial charge in [0.05, 0.1) is 18.0 Å². The van der Waals surface area contributed by atoms with Crippen LogP contribution in [-0.4, -0.2) is 32.0 Å². The van der Waals surface area contributed by atoms with Crippen LogP contribution in [0, 0.1) is 0 Å². The predicted octanol–water partition coefficient (Wildman–Crippen LogP) is 4.39. The summed E-state index contributed by atoms with van der Waals surface area (Å²) in [6.07, 6.45) is 2.54. The molecule has 0 radical (unpaired) electrons. The maximum absolute atomic E-state index is 12.7. The number of rotatable bonds is 4. The molecule has 6 nitrogen and oxygen atoms in total. The minimum atomic E-state index is -0.169. The molecular weight excluding hydrogens is 414 g/mol. The van der Waals surface area contributed by atoms with Crippen LogP contribution in [0.2, 0.25) is 0 Å². The zero-order valence-electron chi connectivity index (χ0n) is 18.7. The molecule has 0 aromatic heterocycles. The van der Waals surface area contributed by atoms with Crippen LogP contribution in [0.25, 0.3) is 11.1 Å². The van der Waals surface area contributed by atoms with Gasteiger partial charge in [-0.05, 0) is 65.4 Å². The van der Waals surface area contributed by atoms with Gasteiger partial charge in [0.1, 0.15) is 5.75 Å². The van der Waals surface area contributed by atoms with Gasteiger partial charge in [-0.2, -0.15) is 0 Å². The lowest BCUT2D eigenvalue weighted by Crippen LogP contribution is -2.23. The molecule has 2 aliphatic rings. The molecule has 0 unspecified atom stereocenters. The van der Waals surface area contributed by atoms with Gasteiger partial charge in [-0.25, -0.2) is 0 Å². The van der Waals surface area contributed by atoms with E-state index in [-0.39, 0.29) is 11.8 Å². The molecule has 0 spiro atoms. The number of carbonyl (C=O) groups excluding carboxylic acids is 2. The van der Waals surface area contributed by atoms with Gasteiger partial charge >= 0.3 is 0 Å². The number of carbonyl (C=O) groups is 2. The molecule has 33 heavy (non-hydrogen) atoms. The predicted molar refractivity (Wildman–Crippen MR) is 130 cm³/mol. The molecule has 0 atom stereocenters. The summed E-state index contributed by atoms with van der Waals surface area (Å²) in [6, 6.07) is 20.0. The highest BCUT2D eigenvalue weighted by molar-refractivity contribution is 6.00. The van der Waals surface area contributed by atoms with Gasteiger partial charge < -0.3 is 20.3 Å². The Morgan fingerprint density at radius 3 is 2.70 bits per heavy atom. The number of anilines is 2. The highest BCUT2D eigenvalue weighted by Crippen LogP contribution is 2.31. The summed E-state index contributed by atoms with van der Waals surface area (Å²) in [7, 11) is 1.94. The lowest BCUT2D eigenvalue weighted by molar-refractivity contribution is -0.115. The zero-order valence-corrected chi connectivity index (χ0v) is 18.7. The number of nitrogens with one attached hydrogen (secondary N) is 2. The molecule has 2 amide bonds. The van der Waals surface area contributed by atoms with Gasteiger partial charge in [-0.15, -0.1) is 0 Å². The van der Waals surface area contributed by atoms with Crippen molar-refractivity contribution < 1.29 is 14.3 Å². The molecule has 0 fully saturated rings. The standard InChI is InChI=1S/C27H27N3O3/c1-30-13-12-26(31)29-23-16-22(8-10-24(23)30)27(32)28-17-18-4-6-19(7-5-18)20-9-11-25-21(15-20)3-2-14-33-25/h4-11,15-16H,2-3,12-14,17H2,1H3,(H,28,32)(H,29,31). The van der Waals surface area contributed by atoms with Gasteiger partial charge in [0, 0.05) is 32.1 Å². The maximum atomic E-state index is 12.7. The molecule has 168 valence electrons. The number of aryl methyl sites for hydroxylation is 1. The van der Waals surface area contributed by atoms with E-state index in [0.29, 0.717) is 30.8 Å². The Morgan fingerprint density at radius 1 is 1.03 bits per heavy atom. The lowest BCUT2D eigenvalue weighted by Gasteiger charge is -2.19. The summed E-state index contributed by atoms with van der Waals surface area (Å²) < 4.78 is 5.71. The van der Waals surface area contributed by atoms with Crippen LogP contribution in [0.1, 0.15) is 34.3 Å². The maximum Gasteiger partial charge on any atom is 0.251 e. The normalized spacial score (nSPS) is 14.9. The second kappa shape index (κ2) is 8.98. The first-order valence-electron chi connectivity index (χ1n) is 11.3. The molecule has 0 aliphatic carbocycles. The molecule has 0 saturated heterocycles. The number of hydrogen-bond acceptors (Lipinski definition) is 4. The molecule has 0 saturated carbocycles. The molecule has 3 aromatic rings. The van der Waals surface area contributed by atoms with Gasteiger partial charge in [-0.3, -0.25) is 9.59 Å². The fourth-order valence-electron chi connectivity index (χ4n) is 4.35. The SMILES string of the molecule is CN1CCC(=O)Nc2cc(C(=O)NCc3ccc(-c4ccc5c(c4)CCCO5)cc3)ccc21. The molecule has 2 heterocycles. The highest BCUT2D eigenvalue weighted by Gasteiger charge is 2.18. The van der Waals surface area contributed by atoms with Gasteiger partial charge in [0.25, 0.3) is 5.91 Å². The van der Waals surface area contributed by atoms with Gasteiger partial charge in [-0.1, -0.05) is 30.3 Å². The zero-order chi connectivity index (χ0) is 22.8. The third-order valence-corrected chi connectivity index (χ3v) is 6.27. The van der Waals surface area contributed by atoms with Crippen LogP contribution in [0.5, 0.6) is 5.75 Å². The second-order valence-electron chi connectivity index (χ2n) is 8.61. The average molecular weight is 442 g/mol. The molecular formula is C27H27N3O3. The topological polar surface area (TPSA) is 70.7 Å². The van der Waals surface area contributed by atoms with Crippen molar-refractivity contribution in [2.75, 3.05) is 30.4 Å². The minimum Gasteiger partial charge on any atom is -0.493 e. The van der Waals surface area contributed by atoms with Crippen molar-refractivity contribution in [1.29, 1.82) is 0 Å². The average Bonchev–Trinajstić information content (AvgIpc) is 2.99. The number of amides is 2. The highest BCUT2D eigenvalue weighted by atomic mass is 16.5. The summed E-state index contributed by atoms with van der Waals surface area (Å²) in [5.41, 5.74) is 6.72. The Bertz CT molecular complexity index is 1200. The summed E-state index contributed by atoms with van der Waals surface area (Å²) in [5, 5.41) is 5.87. The Hall–Kier alpha value is -3.80. The second-order valence-corrected chi connectivity index (χ2v) is 8.61. The summed E-state index contributed by atoms with van der Waals surface area (Å²) in [4.78, 5) is 26.7. The van der Waals surface area contributed by atoms with E-state index in [9.17, 15) is 9.59 Å². The molecule has 2 aliphatic heterocycles. The van der Waals surface area contributed by atoms with Crippen molar-refractivity contribution >= 4 is 23.2 Å². The molecule has 6 heteroatoms. The number of benzene rings is 3. The first-order valence-corrected chi connectivity index (χ1v) is 11.3. The third kappa shape index (κ3) is 4.55. The summed E-state index contributed by atoms with van der Waals surface area (Å²) in [6.45, 7) is 1.88. The largest absolute Gasteiger partial charge is 0.493 e. The van der Waals surface area contributed by atoms with Crippen LogP contribution >= 0.6 is 0 Å². The molecule has 5 rings (SSSR count). The first-order chi connectivity index (χ1) is 16.1. The molecule has 0 bridgehead atoms. The summed E-state index contributed by atoms with van der Waals surface area (Å²) in [5.74, 6) is 0.788. The first kappa shape index (κ1) is 21.1. The minimum absolute atomic E-state index is 0.0373. The van der Waals surface area contributed by atoms with Gasteiger partial charge in [0.15, 0.2) is 0 Å². The van der Waals surface area contributed by atoms with Crippen molar-refractivity contribution in [2.24, 2.45) is 0 Å². The van der Waals surface area contributed by atoms with E-state index in [1.165, 1.54) is 11.1 Å². The fraction of sp³-hybridized carbons (Fsp3) is 0.259. The van der Waals surface area contributed by atoms with E-state index in [1.54, 1.807) is 12.1 Å². The van der Waals surface area contributed by atoms with Crippen LogP contribution in [0.3, 0.4) is 0 Å². The smallest absolute Gasteiger partial charge is 0.251 e. The Kier molecular flexibility index (Phi) is 5.73. The monoisotopic (exact) mass is 441 g/mol. The fourth-order valence-corrected chi connectivity index (χ4v) is 4.35. The van der Waals surface area contributed by atoms with Crippen LogP contribution < -0.4 is 20.3 Å². The summed E-state index contributed by atoms with van der Waals surface area (Å²) >= 11 is 0. The van der Waals surface area contributed by atoms with E-state index in [0.717, 1.165) is 42.0 Å². The number of hydrogen-bond donors (Lipinski definition) is 2. The Morgan fingerprint density at radius 2 is 1.85 bits per heavy atom. The number of fused-ring (bicyclic) bond motifs is 2. The van der Waals surface area contributed by atoms with Crippen LogP contribution in [-0.2, 0) is 17.8 Å². The number of nitrogens with zero attached hydrogens (tertiary/aromatic N) is 1. The van der Waals surface area contributed by atoms with E-state index in [1.807, 2.05) is 30.1 Å². The molecule has 3 aromatic carbocycles. The Balaban J connectivity index is 1.25. The van der Waals surface area contributed by atoms with E-state index < -0.39 is 0 Å². The van der Waals surface area contributed by atoms with Crippen molar-refractivity contribution in [3.05, 3.63) is 77.4 Å². The van der Waals surface area contributed by atoms with E-state index in [2.05, 4.69) is 41.0 Å². The van der Waals surface area contributed by atoms with Crippen molar-refractivity contribution in [1.82, 2.24) is 5.32 Å². The third-order valence-electron chi connectivity index (χ3n) is 6.27. The van der Waals surface area contributed by atoms with Crippen LogP contribution in [0.15, 0.2) is 60.7 Å². The van der Waals surface area contributed by atoms with Crippen LogP contribution in [0.4, 0.5) is 11.4 Å². The Labute approximate surface area is 193 Å². The molecule has 2 N–H and O–H groups in total. The van der Waals surface area contributed by atoms with Gasteiger partial charge in [0.2, 0.25) is 5.91 Å². The van der Waals surface area contributed by atoms with Crippen molar-refractivity contribution in [2.45, 2.75) is 25.8 Å². The van der Waals surface area contributed by atoms with E-state index >= 15 is 0 Å². The lowest BCUT2D eigenvalue weighted by atomic mass is 9.98. The number of ether oxygens (including phenoxy) is 1. The van der Waals surface area contributed by atoms with Crippen molar-refractivity contribution in [3.63, 3.8) is 0 Å². The quantitative estimate of drug-likeness (QED) is 0.630. The van der Waals surface area contributed by atoms with E-state index in [4.69, 9.17) is 4.74 Å². The van der Waals surface area contributed by atoms with Crippen molar-refractivity contribution in [3.8, 4) is 16.9 Å².